The van der Waals surface area contributed by atoms with Crippen molar-refractivity contribution in [2.24, 2.45) is 5.92 Å². The summed E-state index contributed by atoms with van der Waals surface area (Å²) in [5.74, 6) is 1.17. The number of nitrogens with zero attached hydrogens (tertiary/aromatic N) is 4. The molecule has 118 valence electrons. The molecule has 3 aromatic heterocycles. The van der Waals surface area contributed by atoms with Gasteiger partial charge in [-0.1, -0.05) is 6.07 Å². The zero-order chi connectivity index (χ0) is 16.0. The molecule has 1 aliphatic rings. The molecule has 0 spiro atoms. The molecule has 0 amide bonds. The number of carbonyl (C=O) groups excluding carboxylic acids is 1. The summed E-state index contributed by atoms with van der Waals surface area (Å²) in [5, 5.41) is 7.29. The van der Waals surface area contributed by atoms with Gasteiger partial charge < -0.3 is 4.74 Å². The van der Waals surface area contributed by atoms with E-state index in [-0.39, 0.29) is 17.8 Å². The van der Waals surface area contributed by atoms with Crippen LogP contribution in [0, 0.1) is 12.8 Å². The molecule has 0 aromatic carbocycles. The van der Waals surface area contributed by atoms with Crippen LogP contribution in [0.5, 0.6) is 0 Å². The number of hydrogen-bond acceptors (Lipinski definition) is 5. The third-order valence-electron chi connectivity index (χ3n) is 4.15. The molecule has 3 heterocycles. The number of aryl methyl sites for hydroxylation is 1. The molecule has 0 radical (unpaired) electrons. The van der Waals surface area contributed by atoms with Gasteiger partial charge in [0, 0.05) is 12.1 Å². The van der Waals surface area contributed by atoms with Gasteiger partial charge in [-0.15, -0.1) is 0 Å². The normalized spacial score (nSPS) is 19.9. The Morgan fingerprint density at radius 2 is 2.30 bits per heavy atom. The summed E-state index contributed by atoms with van der Waals surface area (Å²) in [6.45, 7) is 4.16. The second-order valence-electron chi connectivity index (χ2n) is 5.72. The maximum Gasteiger partial charge on any atom is 0.309 e. The Bertz CT molecular complexity index is 882. The maximum absolute atomic E-state index is 11.8. The van der Waals surface area contributed by atoms with Crippen LogP contribution in [0.2, 0.25) is 0 Å². The molecular formula is C16H17N5O2. The predicted octanol–water partition coefficient (Wildman–Crippen LogP) is 2.09. The third kappa shape index (κ3) is 2.28. The third-order valence-corrected chi connectivity index (χ3v) is 4.15. The molecule has 0 aliphatic heterocycles. The van der Waals surface area contributed by atoms with Crippen LogP contribution in [0.15, 0.2) is 24.4 Å². The average Bonchev–Trinajstić information content (AvgIpc) is 3.07. The van der Waals surface area contributed by atoms with E-state index in [4.69, 9.17) is 4.74 Å². The molecule has 0 unspecified atom stereocenters. The summed E-state index contributed by atoms with van der Waals surface area (Å²) in [7, 11) is 0. The van der Waals surface area contributed by atoms with E-state index in [1.807, 2.05) is 42.6 Å². The summed E-state index contributed by atoms with van der Waals surface area (Å²) in [6, 6.07) is 5.84. The molecule has 7 heteroatoms. The largest absolute Gasteiger partial charge is 0.466 e. The van der Waals surface area contributed by atoms with E-state index in [0.717, 1.165) is 29.3 Å². The number of rotatable bonds is 4. The highest BCUT2D eigenvalue weighted by atomic mass is 16.5. The molecule has 0 bridgehead atoms. The summed E-state index contributed by atoms with van der Waals surface area (Å²) in [4.78, 5) is 20.9. The van der Waals surface area contributed by atoms with Gasteiger partial charge in [0.25, 0.3) is 0 Å². The average molecular weight is 311 g/mol. The van der Waals surface area contributed by atoms with E-state index < -0.39 is 0 Å². The number of nitrogens with one attached hydrogen (secondary N) is 1. The van der Waals surface area contributed by atoms with Crippen molar-refractivity contribution in [1.29, 1.82) is 0 Å². The first kappa shape index (κ1) is 13.9. The van der Waals surface area contributed by atoms with Gasteiger partial charge in [-0.2, -0.15) is 5.10 Å². The fourth-order valence-corrected chi connectivity index (χ4v) is 2.94. The smallest absolute Gasteiger partial charge is 0.309 e. The monoisotopic (exact) mass is 311 g/mol. The Morgan fingerprint density at radius 3 is 3.13 bits per heavy atom. The molecule has 1 fully saturated rings. The van der Waals surface area contributed by atoms with Gasteiger partial charge in [0.1, 0.15) is 17.2 Å². The number of aromatic nitrogens is 5. The minimum Gasteiger partial charge on any atom is -0.466 e. The van der Waals surface area contributed by atoms with Crippen molar-refractivity contribution in [2.75, 3.05) is 6.61 Å². The van der Waals surface area contributed by atoms with Crippen LogP contribution in [-0.4, -0.2) is 37.1 Å². The zero-order valence-electron chi connectivity index (χ0n) is 13.0. The van der Waals surface area contributed by atoms with Crippen molar-refractivity contribution in [1.82, 2.24) is 24.6 Å². The van der Waals surface area contributed by atoms with Crippen LogP contribution < -0.4 is 0 Å². The topological polar surface area (TPSA) is 85.2 Å². The Hall–Kier alpha value is -2.70. The first-order valence-corrected chi connectivity index (χ1v) is 7.72. The van der Waals surface area contributed by atoms with Crippen LogP contribution in [0.1, 0.15) is 30.8 Å². The second kappa shape index (κ2) is 5.19. The number of imidazole rings is 1. The van der Waals surface area contributed by atoms with E-state index in [9.17, 15) is 4.79 Å². The highest BCUT2D eigenvalue weighted by Gasteiger charge is 2.47. The minimum absolute atomic E-state index is 0.0785. The van der Waals surface area contributed by atoms with Gasteiger partial charge >= 0.3 is 5.97 Å². The predicted molar refractivity (Wildman–Crippen MR) is 82.8 cm³/mol. The second-order valence-corrected chi connectivity index (χ2v) is 5.72. The molecule has 23 heavy (non-hydrogen) atoms. The number of hydrogen-bond donors (Lipinski definition) is 1. The van der Waals surface area contributed by atoms with Crippen molar-refractivity contribution >= 4 is 11.6 Å². The summed E-state index contributed by atoms with van der Waals surface area (Å²) in [5.41, 5.74) is 2.61. The van der Waals surface area contributed by atoms with Crippen LogP contribution in [0.25, 0.3) is 17.2 Å². The van der Waals surface area contributed by atoms with E-state index in [2.05, 4.69) is 20.2 Å². The molecule has 1 aliphatic carbocycles. The molecule has 1 N–H and O–H groups in total. The van der Waals surface area contributed by atoms with Gasteiger partial charge in [0.2, 0.25) is 0 Å². The molecule has 1 saturated carbocycles. The van der Waals surface area contributed by atoms with Crippen LogP contribution in [-0.2, 0) is 9.53 Å². The first-order chi connectivity index (χ1) is 11.2. The highest BCUT2D eigenvalue weighted by molar-refractivity contribution is 5.77. The number of carbonyl (C=O) groups is 1. The minimum atomic E-state index is -0.151. The van der Waals surface area contributed by atoms with Crippen molar-refractivity contribution in [3.63, 3.8) is 0 Å². The van der Waals surface area contributed by atoms with Gasteiger partial charge in [-0.05, 0) is 32.4 Å². The number of fused-ring (bicyclic) bond motifs is 1. The van der Waals surface area contributed by atoms with Gasteiger partial charge in [-0.3, -0.25) is 14.3 Å². The molecule has 0 saturated heterocycles. The molecule has 3 aromatic rings. The van der Waals surface area contributed by atoms with Crippen LogP contribution >= 0.6 is 0 Å². The van der Waals surface area contributed by atoms with Gasteiger partial charge in [0.15, 0.2) is 5.82 Å². The Labute approximate surface area is 132 Å². The van der Waals surface area contributed by atoms with Crippen molar-refractivity contribution < 1.29 is 9.53 Å². The number of aromatic amines is 1. The fourth-order valence-electron chi connectivity index (χ4n) is 2.94. The van der Waals surface area contributed by atoms with E-state index >= 15 is 0 Å². The van der Waals surface area contributed by atoms with Crippen LogP contribution in [0.4, 0.5) is 0 Å². The van der Waals surface area contributed by atoms with E-state index in [1.165, 1.54) is 0 Å². The summed E-state index contributed by atoms with van der Waals surface area (Å²) < 4.78 is 7.03. The SMILES string of the molecule is CCOC(=O)[C@@H]1C[C@H]1c1nc(-c2c(C)nc3ccccn23)n[nH]1. The Balaban J connectivity index is 1.64. The lowest BCUT2D eigenvalue weighted by atomic mass is 10.3. The summed E-state index contributed by atoms with van der Waals surface area (Å²) >= 11 is 0. The fraction of sp³-hybridized carbons (Fsp3) is 0.375. The Morgan fingerprint density at radius 1 is 1.43 bits per heavy atom. The molecule has 2 atom stereocenters. The number of H-pyrrole nitrogens is 1. The maximum atomic E-state index is 11.8. The van der Waals surface area contributed by atoms with Gasteiger partial charge in [0.05, 0.1) is 18.2 Å². The van der Waals surface area contributed by atoms with E-state index in [0.29, 0.717) is 12.4 Å². The lowest BCUT2D eigenvalue weighted by Gasteiger charge is -1.98. The summed E-state index contributed by atoms with van der Waals surface area (Å²) in [6.07, 6.45) is 2.71. The quantitative estimate of drug-likeness (QED) is 0.746. The Kier molecular flexibility index (Phi) is 3.14. The lowest BCUT2D eigenvalue weighted by Crippen LogP contribution is -2.07. The van der Waals surface area contributed by atoms with E-state index in [1.54, 1.807) is 0 Å². The molecule has 7 nitrogen and oxygen atoms in total. The van der Waals surface area contributed by atoms with Crippen molar-refractivity contribution in [3.8, 4) is 11.5 Å². The zero-order valence-corrected chi connectivity index (χ0v) is 13.0. The number of ether oxygens (including phenoxy) is 1. The van der Waals surface area contributed by atoms with Crippen molar-refractivity contribution in [2.45, 2.75) is 26.2 Å². The highest BCUT2D eigenvalue weighted by Crippen LogP contribution is 2.47. The standard InChI is InChI=1S/C16H17N5O2/c1-3-23-16(22)11-8-10(11)14-18-15(20-19-14)13-9(2)17-12-6-4-5-7-21(12)13/h4-7,10-11H,3,8H2,1-2H3,(H,18,19,20)/t10-,11-/m1/s1. The number of esters is 1. The molecule has 4 rings (SSSR count). The number of pyridine rings is 1. The van der Waals surface area contributed by atoms with Crippen LogP contribution in [0.3, 0.4) is 0 Å². The van der Waals surface area contributed by atoms with Gasteiger partial charge in [-0.25, -0.2) is 9.97 Å². The first-order valence-electron chi connectivity index (χ1n) is 7.72. The van der Waals surface area contributed by atoms with Crippen molar-refractivity contribution in [3.05, 3.63) is 35.9 Å². The molecular weight excluding hydrogens is 294 g/mol. The lowest BCUT2D eigenvalue weighted by molar-refractivity contribution is -0.144.